The van der Waals surface area contributed by atoms with E-state index >= 15 is 0 Å². The zero-order valence-electron chi connectivity index (χ0n) is 17.7. The molecule has 7 nitrogen and oxygen atoms in total. The van der Waals surface area contributed by atoms with Gasteiger partial charge in [-0.15, -0.1) is 5.10 Å². The van der Waals surface area contributed by atoms with Crippen molar-refractivity contribution < 1.29 is 13.2 Å². The van der Waals surface area contributed by atoms with Crippen molar-refractivity contribution in [3.63, 3.8) is 0 Å². The third-order valence-electron chi connectivity index (χ3n) is 5.71. The monoisotopic (exact) mass is 438 g/mol. The summed E-state index contributed by atoms with van der Waals surface area (Å²) < 4.78 is 30.4. The van der Waals surface area contributed by atoms with Gasteiger partial charge in [-0.05, 0) is 38.8 Å². The normalized spacial score (nSPS) is 15.0. The van der Waals surface area contributed by atoms with Gasteiger partial charge in [0.25, 0.3) is 10.0 Å². The quantitative estimate of drug-likeness (QED) is 0.575. The molecular weight excluding hydrogens is 412 g/mol. The van der Waals surface area contributed by atoms with Crippen LogP contribution >= 0.6 is 0 Å². The molecule has 1 N–H and O–H groups in total. The molecule has 0 saturated heterocycles. The highest BCUT2D eigenvalue weighted by Crippen LogP contribution is 2.32. The number of hydrogen-bond acceptors (Lipinski definition) is 5. The predicted molar refractivity (Wildman–Crippen MR) is 119 cm³/mol. The second kappa shape index (κ2) is 8.63. The zero-order chi connectivity index (χ0) is 22.0. The number of nitrogens with zero attached hydrogens (tertiary/aromatic N) is 3. The van der Waals surface area contributed by atoms with E-state index in [1.54, 1.807) is 41.1 Å². The maximum Gasteiger partial charge on any atom is 0.263 e. The van der Waals surface area contributed by atoms with Gasteiger partial charge >= 0.3 is 0 Å². The molecule has 0 spiro atoms. The molecule has 1 saturated carbocycles. The van der Waals surface area contributed by atoms with E-state index in [-0.39, 0.29) is 28.2 Å². The largest absolute Gasteiger partial charge is 0.287 e. The van der Waals surface area contributed by atoms with Crippen molar-refractivity contribution in [3.05, 3.63) is 70.9 Å². The molecule has 3 aromatic rings. The van der Waals surface area contributed by atoms with Gasteiger partial charge in [-0.1, -0.05) is 72.0 Å². The van der Waals surface area contributed by atoms with Crippen LogP contribution in [0, 0.1) is 13.8 Å². The number of aryl methyl sites for hydroxylation is 2. The molecule has 0 radical (unpaired) electrons. The van der Waals surface area contributed by atoms with Gasteiger partial charge in [-0.2, -0.15) is 0 Å². The third-order valence-corrected chi connectivity index (χ3v) is 7.06. The van der Waals surface area contributed by atoms with Crippen molar-refractivity contribution in [2.45, 2.75) is 56.9 Å². The van der Waals surface area contributed by atoms with Crippen LogP contribution < -0.4 is 4.72 Å². The van der Waals surface area contributed by atoms with Crippen LogP contribution in [0.15, 0.2) is 53.4 Å². The molecule has 31 heavy (non-hydrogen) atoms. The molecule has 1 aromatic heterocycles. The average Bonchev–Trinajstić information content (AvgIpc) is 3.17. The number of nitrogens with one attached hydrogen (secondary N) is 1. The molecule has 4 rings (SSSR count). The number of ketones is 1. The minimum absolute atomic E-state index is 0.0107. The fourth-order valence-corrected chi connectivity index (χ4v) is 4.93. The second-order valence-corrected chi connectivity index (χ2v) is 9.82. The van der Waals surface area contributed by atoms with Gasteiger partial charge in [0.05, 0.1) is 10.9 Å². The van der Waals surface area contributed by atoms with E-state index in [0.29, 0.717) is 5.56 Å². The third kappa shape index (κ3) is 4.54. The highest BCUT2D eigenvalue weighted by atomic mass is 32.2. The SMILES string of the molecule is Cc1ccc(C(=O)c2nnn(C3CCCCC3)c2NS(=O)(=O)c2ccc(C)cc2)cc1. The van der Waals surface area contributed by atoms with Crippen LogP contribution in [0.5, 0.6) is 0 Å². The molecule has 8 heteroatoms. The van der Waals surface area contributed by atoms with E-state index in [2.05, 4.69) is 15.0 Å². The topological polar surface area (TPSA) is 93.9 Å². The first kappa shape index (κ1) is 21.2. The molecule has 1 heterocycles. The lowest BCUT2D eigenvalue weighted by Crippen LogP contribution is -2.22. The molecule has 1 aliphatic carbocycles. The molecule has 0 atom stereocenters. The predicted octanol–water partition coefficient (Wildman–Crippen LogP) is 4.43. The van der Waals surface area contributed by atoms with Crippen LogP contribution in [-0.2, 0) is 10.0 Å². The first-order valence-electron chi connectivity index (χ1n) is 10.5. The van der Waals surface area contributed by atoms with E-state index in [4.69, 9.17) is 0 Å². The summed E-state index contributed by atoms with van der Waals surface area (Å²) in [6.07, 6.45) is 4.97. The summed E-state index contributed by atoms with van der Waals surface area (Å²) >= 11 is 0. The zero-order valence-corrected chi connectivity index (χ0v) is 18.5. The Balaban J connectivity index is 1.75. The van der Waals surface area contributed by atoms with Crippen LogP contribution in [0.25, 0.3) is 0 Å². The van der Waals surface area contributed by atoms with Crippen LogP contribution in [0.3, 0.4) is 0 Å². The number of carbonyl (C=O) groups is 1. The Bertz CT molecular complexity index is 1180. The number of carbonyl (C=O) groups excluding carboxylic acids is 1. The van der Waals surface area contributed by atoms with Gasteiger partial charge in [0.15, 0.2) is 11.5 Å². The molecule has 1 fully saturated rings. The van der Waals surface area contributed by atoms with Crippen molar-refractivity contribution in [3.8, 4) is 0 Å². The van der Waals surface area contributed by atoms with Crippen molar-refractivity contribution in [2.24, 2.45) is 0 Å². The van der Waals surface area contributed by atoms with Crippen molar-refractivity contribution in [1.29, 1.82) is 0 Å². The Hall–Kier alpha value is -3.00. The smallest absolute Gasteiger partial charge is 0.263 e. The molecule has 0 unspecified atom stereocenters. The van der Waals surface area contributed by atoms with E-state index in [1.807, 2.05) is 26.0 Å². The van der Waals surface area contributed by atoms with Gasteiger partial charge in [0, 0.05) is 5.56 Å². The minimum Gasteiger partial charge on any atom is -0.287 e. The van der Waals surface area contributed by atoms with Gasteiger partial charge in [0.2, 0.25) is 5.78 Å². The summed E-state index contributed by atoms with van der Waals surface area (Å²) in [5.74, 6) is -0.221. The molecule has 0 amide bonds. The molecule has 0 bridgehead atoms. The molecule has 2 aromatic carbocycles. The standard InChI is InChI=1S/C23H26N4O3S/c1-16-8-12-18(13-9-16)22(28)21-23(27(26-24-21)19-6-4-3-5-7-19)25-31(29,30)20-14-10-17(2)11-15-20/h8-15,19,25H,3-7H2,1-2H3. The van der Waals surface area contributed by atoms with Gasteiger partial charge in [0.1, 0.15) is 0 Å². The second-order valence-electron chi connectivity index (χ2n) is 8.14. The van der Waals surface area contributed by atoms with Crippen LogP contribution in [0.4, 0.5) is 5.82 Å². The highest BCUT2D eigenvalue weighted by molar-refractivity contribution is 7.92. The average molecular weight is 439 g/mol. The van der Waals surface area contributed by atoms with Crippen molar-refractivity contribution in [1.82, 2.24) is 15.0 Å². The Morgan fingerprint density at radius 2 is 1.52 bits per heavy atom. The number of rotatable bonds is 6. The lowest BCUT2D eigenvalue weighted by atomic mass is 9.95. The van der Waals surface area contributed by atoms with E-state index in [9.17, 15) is 13.2 Å². The Kier molecular flexibility index (Phi) is 5.91. The maximum atomic E-state index is 13.2. The molecule has 0 aliphatic heterocycles. The number of anilines is 1. The minimum atomic E-state index is -3.91. The van der Waals surface area contributed by atoms with E-state index in [1.165, 1.54) is 0 Å². The Labute approximate surface area is 182 Å². The van der Waals surface area contributed by atoms with Gasteiger partial charge < -0.3 is 0 Å². The lowest BCUT2D eigenvalue weighted by molar-refractivity contribution is 0.103. The van der Waals surface area contributed by atoms with Crippen molar-refractivity contribution in [2.75, 3.05) is 4.72 Å². The summed E-state index contributed by atoms with van der Waals surface area (Å²) in [7, 11) is -3.91. The van der Waals surface area contributed by atoms with Gasteiger partial charge in [-0.25, -0.2) is 13.1 Å². The summed E-state index contributed by atoms with van der Waals surface area (Å²) in [5.41, 5.74) is 2.45. The summed E-state index contributed by atoms with van der Waals surface area (Å²) in [4.78, 5) is 13.3. The molecule has 162 valence electrons. The molecular formula is C23H26N4O3S. The van der Waals surface area contributed by atoms with E-state index in [0.717, 1.165) is 43.2 Å². The van der Waals surface area contributed by atoms with Gasteiger partial charge in [-0.3, -0.25) is 9.52 Å². The lowest BCUT2D eigenvalue weighted by Gasteiger charge is -2.23. The Morgan fingerprint density at radius 3 is 2.13 bits per heavy atom. The summed E-state index contributed by atoms with van der Waals surface area (Å²) in [6.45, 7) is 3.83. The van der Waals surface area contributed by atoms with Crippen molar-refractivity contribution >= 4 is 21.6 Å². The Morgan fingerprint density at radius 1 is 0.935 bits per heavy atom. The van der Waals surface area contributed by atoms with Crippen LogP contribution in [-0.4, -0.2) is 29.2 Å². The first-order chi connectivity index (χ1) is 14.8. The number of sulfonamides is 1. The fourth-order valence-electron chi connectivity index (χ4n) is 3.87. The molecule has 1 aliphatic rings. The number of benzene rings is 2. The maximum absolute atomic E-state index is 13.2. The fraction of sp³-hybridized carbons (Fsp3) is 0.348. The first-order valence-corrected chi connectivity index (χ1v) is 12.0. The number of aromatic nitrogens is 3. The number of hydrogen-bond donors (Lipinski definition) is 1. The van der Waals surface area contributed by atoms with Crippen LogP contribution in [0.2, 0.25) is 0 Å². The van der Waals surface area contributed by atoms with Crippen LogP contribution in [0.1, 0.15) is 65.3 Å². The summed E-state index contributed by atoms with van der Waals surface area (Å²) in [6, 6.07) is 13.7. The van der Waals surface area contributed by atoms with E-state index < -0.39 is 10.0 Å². The highest BCUT2D eigenvalue weighted by Gasteiger charge is 2.29. The summed E-state index contributed by atoms with van der Waals surface area (Å²) in [5, 5.41) is 8.33.